The Morgan fingerprint density at radius 3 is 2.83 bits per heavy atom. The van der Waals surface area contributed by atoms with E-state index in [1.165, 1.54) is 18.6 Å². The lowest BCUT2D eigenvalue weighted by molar-refractivity contribution is 0.421. The molecule has 0 spiro atoms. The van der Waals surface area contributed by atoms with Crippen molar-refractivity contribution in [2.24, 2.45) is 0 Å². The van der Waals surface area contributed by atoms with Gasteiger partial charge in [-0.1, -0.05) is 18.0 Å². The molecule has 0 atom stereocenters. The number of hydrogen-bond acceptors (Lipinski definition) is 4. The largest absolute Gasteiger partial charge is 0.340 e. The van der Waals surface area contributed by atoms with Gasteiger partial charge in [0, 0.05) is 17.3 Å². The maximum Gasteiger partial charge on any atom is 0.162 e. The van der Waals surface area contributed by atoms with E-state index in [0.717, 1.165) is 18.4 Å². The van der Waals surface area contributed by atoms with Gasteiger partial charge in [-0.15, -0.1) is 0 Å². The van der Waals surface area contributed by atoms with Crippen molar-refractivity contribution < 1.29 is 4.39 Å². The summed E-state index contributed by atoms with van der Waals surface area (Å²) in [6.07, 6.45) is 5.30. The van der Waals surface area contributed by atoms with Crippen molar-refractivity contribution in [1.82, 2.24) is 14.6 Å². The molecular weight excluding hydrogens is 329 g/mol. The van der Waals surface area contributed by atoms with E-state index < -0.39 is 5.82 Å². The lowest BCUT2D eigenvalue weighted by Crippen LogP contribution is -2.09. The number of nitrogens with zero attached hydrogens (tertiary/aromatic N) is 4. The monoisotopic (exact) mass is 341 g/mol. The zero-order valence-corrected chi connectivity index (χ0v) is 13.4. The van der Waals surface area contributed by atoms with E-state index in [-0.39, 0.29) is 5.56 Å². The first-order chi connectivity index (χ1) is 11.6. The summed E-state index contributed by atoms with van der Waals surface area (Å²) in [5, 5.41) is 16.8. The van der Waals surface area contributed by atoms with Gasteiger partial charge in [-0.3, -0.25) is 0 Å². The fourth-order valence-corrected chi connectivity index (χ4v) is 3.10. The van der Waals surface area contributed by atoms with Gasteiger partial charge in [-0.25, -0.2) is 9.37 Å². The van der Waals surface area contributed by atoms with E-state index in [1.807, 2.05) is 12.3 Å². The average molecular weight is 342 g/mol. The van der Waals surface area contributed by atoms with Gasteiger partial charge >= 0.3 is 0 Å². The van der Waals surface area contributed by atoms with Gasteiger partial charge in [-0.2, -0.15) is 14.9 Å². The van der Waals surface area contributed by atoms with E-state index >= 15 is 0 Å². The second-order valence-corrected chi connectivity index (χ2v) is 6.28. The Morgan fingerprint density at radius 1 is 1.29 bits per heavy atom. The number of halogens is 2. The minimum Gasteiger partial charge on any atom is -0.340 e. The van der Waals surface area contributed by atoms with Crippen molar-refractivity contribution in [2.45, 2.75) is 25.2 Å². The van der Waals surface area contributed by atoms with Crippen LogP contribution in [-0.4, -0.2) is 14.6 Å². The SMILES string of the molecule is N#Cc1cc(F)cc(Nc2cc(Cl)nc3c(C4CCC4)cnn23)c1. The summed E-state index contributed by atoms with van der Waals surface area (Å²) in [6.45, 7) is 0. The number of fused-ring (bicyclic) bond motifs is 1. The standard InChI is InChI=1S/C17H13ClFN5/c18-15-7-16(22-13-5-10(8-20)4-12(19)6-13)24-17(23-15)14(9-21-24)11-2-1-3-11/h4-7,9,11,22H,1-3H2. The van der Waals surface area contributed by atoms with Crippen LogP contribution in [0, 0.1) is 17.1 Å². The molecule has 0 amide bonds. The molecular formula is C17H13ClFN5. The van der Waals surface area contributed by atoms with Crippen LogP contribution in [0.4, 0.5) is 15.9 Å². The van der Waals surface area contributed by atoms with Crippen LogP contribution in [0.15, 0.2) is 30.5 Å². The first kappa shape index (κ1) is 14.9. The molecule has 4 rings (SSSR count). The van der Waals surface area contributed by atoms with Gasteiger partial charge in [-0.05, 0) is 37.0 Å². The highest BCUT2D eigenvalue weighted by Crippen LogP contribution is 2.38. The zero-order valence-electron chi connectivity index (χ0n) is 12.6. The molecule has 0 bridgehead atoms. The molecule has 0 unspecified atom stereocenters. The molecule has 5 nitrogen and oxygen atoms in total. The van der Waals surface area contributed by atoms with Gasteiger partial charge in [0.25, 0.3) is 0 Å². The number of anilines is 2. The molecule has 0 saturated heterocycles. The summed E-state index contributed by atoms with van der Waals surface area (Å²) in [6, 6.07) is 7.63. The molecule has 7 heteroatoms. The number of benzene rings is 1. The van der Waals surface area contributed by atoms with Crippen LogP contribution in [-0.2, 0) is 0 Å². The smallest absolute Gasteiger partial charge is 0.162 e. The maximum absolute atomic E-state index is 13.6. The van der Waals surface area contributed by atoms with E-state index in [9.17, 15) is 4.39 Å². The van der Waals surface area contributed by atoms with E-state index in [0.29, 0.717) is 28.2 Å². The van der Waals surface area contributed by atoms with Crippen LogP contribution in [0.5, 0.6) is 0 Å². The van der Waals surface area contributed by atoms with Crippen LogP contribution in [0.3, 0.4) is 0 Å². The number of hydrogen-bond donors (Lipinski definition) is 1. The van der Waals surface area contributed by atoms with Crippen LogP contribution in [0.1, 0.15) is 36.3 Å². The molecule has 120 valence electrons. The van der Waals surface area contributed by atoms with Crippen LogP contribution < -0.4 is 5.32 Å². The fraction of sp³-hybridized carbons (Fsp3) is 0.235. The van der Waals surface area contributed by atoms with E-state index in [4.69, 9.17) is 16.9 Å². The van der Waals surface area contributed by atoms with Crippen molar-refractivity contribution in [3.05, 3.63) is 52.6 Å². The van der Waals surface area contributed by atoms with Crippen LogP contribution in [0.25, 0.3) is 5.65 Å². The first-order valence-electron chi connectivity index (χ1n) is 7.66. The lowest BCUT2D eigenvalue weighted by Gasteiger charge is -2.24. The number of nitrogens with one attached hydrogen (secondary N) is 1. The Morgan fingerprint density at radius 2 is 2.12 bits per heavy atom. The van der Waals surface area contributed by atoms with Crippen molar-refractivity contribution in [3.63, 3.8) is 0 Å². The first-order valence-corrected chi connectivity index (χ1v) is 8.04. The molecule has 1 aliphatic rings. The van der Waals surface area contributed by atoms with Crippen LogP contribution in [0.2, 0.25) is 5.15 Å². The Balaban J connectivity index is 1.78. The Hall–Kier alpha value is -2.65. The summed E-state index contributed by atoms with van der Waals surface area (Å²) in [7, 11) is 0. The highest BCUT2D eigenvalue weighted by atomic mass is 35.5. The van der Waals surface area contributed by atoms with E-state index in [1.54, 1.807) is 16.6 Å². The molecule has 0 radical (unpaired) electrons. The van der Waals surface area contributed by atoms with Gasteiger partial charge < -0.3 is 5.32 Å². The molecule has 1 fully saturated rings. The topological polar surface area (TPSA) is 66.0 Å². The molecule has 1 aliphatic carbocycles. The Labute approximate surface area is 142 Å². The van der Waals surface area contributed by atoms with Crippen LogP contribution >= 0.6 is 11.6 Å². The normalized spacial score (nSPS) is 14.4. The second kappa shape index (κ2) is 5.77. The van der Waals surface area contributed by atoms with Crippen molar-refractivity contribution in [3.8, 4) is 6.07 Å². The van der Waals surface area contributed by atoms with Gasteiger partial charge in [0.1, 0.15) is 16.8 Å². The third-order valence-corrected chi connectivity index (χ3v) is 4.51. The lowest BCUT2D eigenvalue weighted by atomic mass is 9.81. The van der Waals surface area contributed by atoms with E-state index in [2.05, 4.69) is 15.4 Å². The molecule has 1 aromatic carbocycles. The molecule has 0 aliphatic heterocycles. The molecule has 24 heavy (non-hydrogen) atoms. The predicted molar refractivity (Wildman–Crippen MR) is 89.0 cm³/mol. The highest BCUT2D eigenvalue weighted by Gasteiger charge is 2.24. The van der Waals surface area contributed by atoms with Crippen molar-refractivity contribution in [1.29, 1.82) is 5.26 Å². The summed E-state index contributed by atoms with van der Waals surface area (Å²) in [5.41, 5.74) is 2.50. The molecule has 1 saturated carbocycles. The number of rotatable bonds is 3. The number of aromatic nitrogens is 3. The second-order valence-electron chi connectivity index (χ2n) is 5.89. The predicted octanol–water partition coefficient (Wildman–Crippen LogP) is 4.40. The minimum absolute atomic E-state index is 0.240. The summed E-state index contributed by atoms with van der Waals surface area (Å²) in [5.74, 6) is 0.564. The number of nitriles is 1. The van der Waals surface area contributed by atoms with Crippen molar-refractivity contribution in [2.75, 3.05) is 5.32 Å². The molecule has 3 aromatic rings. The third-order valence-electron chi connectivity index (χ3n) is 4.31. The minimum atomic E-state index is -0.483. The third kappa shape index (κ3) is 2.57. The van der Waals surface area contributed by atoms with Gasteiger partial charge in [0.15, 0.2) is 5.65 Å². The maximum atomic E-state index is 13.6. The molecule has 2 heterocycles. The zero-order chi connectivity index (χ0) is 16.7. The van der Waals surface area contributed by atoms with Gasteiger partial charge in [0.05, 0.1) is 17.8 Å². The Bertz CT molecular complexity index is 971. The molecule has 1 N–H and O–H groups in total. The quantitative estimate of drug-likeness (QED) is 0.717. The summed E-state index contributed by atoms with van der Waals surface area (Å²) >= 11 is 6.16. The fourth-order valence-electron chi connectivity index (χ4n) is 2.92. The summed E-state index contributed by atoms with van der Waals surface area (Å²) in [4.78, 5) is 4.39. The summed E-state index contributed by atoms with van der Waals surface area (Å²) < 4.78 is 15.3. The highest BCUT2D eigenvalue weighted by molar-refractivity contribution is 6.29. The molecule has 2 aromatic heterocycles. The van der Waals surface area contributed by atoms with Gasteiger partial charge in [0.2, 0.25) is 0 Å². The average Bonchev–Trinajstić information content (AvgIpc) is 2.88. The van der Waals surface area contributed by atoms with Crippen molar-refractivity contribution >= 4 is 28.8 Å². The Kier molecular flexibility index (Phi) is 3.58.